The molecule has 0 aromatic heterocycles. The molecule has 0 radical (unpaired) electrons. The summed E-state index contributed by atoms with van der Waals surface area (Å²) < 4.78 is 22.0. The Morgan fingerprint density at radius 3 is 1.87 bits per heavy atom. The highest BCUT2D eigenvalue weighted by atomic mass is 31.2. The van der Waals surface area contributed by atoms with Gasteiger partial charge in [0.1, 0.15) is 0 Å². The first kappa shape index (κ1) is 14.9. The average Bonchev–Trinajstić information content (AvgIpc) is 1.75. The van der Waals surface area contributed by atoms with Gasteiger partial charge in [0.25, 0.3) is 0 Å². The van der Waals surface area contributed by atoms with Gasteiger partial charge in [-0.2, -0.15) is 0 Å². The van der Waals surface area contributed by atoms with Crippen molar-refractivity contribution >= 4 is 21.7 Å². The molecule has 4 nitrogen and oxygen atoms in total. The second kappa shape index (κ2) is 4.40. The smallest absolute Gasteiger partial charge is 0.325 e. The first-order valence-electron chi connectivity index (χ1n) is 4.83. The molecule has 0 aromatic carbocycles. The molecule has 0 amide bonds. The average molecular weight is 252 g/mol. The fourth-order valence-corrected chi connectivity index (χ4v) is 2.96. The molecule has 0 aromatic rings. The van der Waals surface area contributed by atoms with Crippen molar-refractivity contribution in [1.29, 1.82) is 0 Å². The molecule has 0 fully saturated rings. The molecule has 0 aliphatic rings. The molecule has 15 heavy (non-hydrogen) atoms. The molecule has 0 bridgehead atoms. The monoisotopic (exact) mass is 252 g/mol. The van der Waals surface area contributed by atoms with Gasteiger partial charge in [0.2, 0.25) is 8.32 Å². The molecule has 0 saturated heterocycles. The first-order chi connectivity index (χ1) is 6.33. The van der Waals surface area contributed by atoms with Crippen LogP contribution in [0.2, 0.25) is 19.6 Å². The lowest BCUT2D eigenvalue weighted by Crippen LogP contribution is -2.42. The standard InChI is InChI=1S/C9H21O4PSi/c1-9(2,13-14(3,4)11)8(10)12-15(5,6)7/h1-7H3. The number of hydrogen-bond acceptors (Lipinski definition) is 4. The molecule has 0 spiro atoms. The third-order valence-corrected chi connectivity index (χ3v) is 3.03. The van der Waals surface area contributed by atoms with E-state index >= 15 is 0 Å². The van der Waals surface area contributed by atoms with Gasteiger partial charge >= 0.3 is 5.97 Å². The molecule has 0 aliphatic heterocycles. The van der Waals surface area contributed by atoms with E-state index in [1.165, 1.54) is 13.3 Å². The van der Waals surface area contributed by atoms with E-state index in [0.29, 0.717) is 0 Å². The summed E-state index contributed by atoms with van der Waals surface area (Å²) in [5.74, 6) is -0.439. The van der Waals surface area contributed by atoms with E-state index in [0.717, 1.165) is 0 Å². The Morgan fingerprint density at radius 2 is 1.60 bits per heavy atom. The Labute approximate surface area is 92.9 Å². The third-order valence-electron chi connectivity index (χ3n) is 1.34. The van der Waals surface area contributed by atoms with Crippen molar-refractivity contribution in [3.63, 3.8) is 0 Å². The summed E-state index contributed by atoms with van der Waals surface area (Å²) in [4.78, 5) is 11.7. The van der Waals surface area contributed by atoms with Gasteiger partial charge in [-0.05, 0) is 33.5 Å². The molecule has 90 valence electrons. The van der Waals surface area contributed by atoms with E-state index in [4.69, 9.17) is 8.95 Å². The van der Waals surface area contributed by atoms with Crippen LogP contribution in [-0.4, -0.2) is 33.2 Å². The van der Waals surface area contributed by atoms with Crippen molar-refractivity contribution in [1.82, 2.24) is 0 Å². The largest absolute Gasteiger partial charge is 0.518 e. The van der Waals surface area contributed by atoms with Gasteiger partial charge < -0.3 is 8.95 Å². The van der Waals surface area contributed by atoms with Crippen LogP contribution in [0, 0.1) is 0 Å². The molecule has 6 heteroatoms. The van der Waals surface area contributed by atoms with Crippen LogP contribution in [0.4, 0.5) is 0 Å². The highest BCUT2D eigenvalue weighted by Gasteiger charge is 2.37. The summed E-state index contributed by atoms with van der Waals surface area (Å²) in [6, 6.07) is 0. The van der Waals surface area contributed by atoms with Crippen molar-refractivity contribution < 1.29 is 18.3 Å². The predicted octanol–water partition coefficient (Wildman–Crippen LogP) is 2.70. The van der Waals surface area contributed by atoms with E-state index < -0.39 is 27.3 Å². The normalized spacial score (nSPS) is 13.8. The number of carbonyl (C=O) groups is 1. The van der Waals surface area contributed by atoms with Gasteiger partial charge in [-0.1, -0.05) is 0 Å². The Kier molecular flexibility index (Phi) is 4.36. The molecule has 0 unspecified atom stereocenters. The minimum Gasteiger partial charge on any atom is -0.518 e. The predicted molar refractivity (Wildman–Crippen MR) is 64.1 cm³/mol. The summed E-state index contributed by atoms with van der Waals surface area (Å²) >= 11 is 0. The zero-order valence-corrected chi connectivity index (χ0v) is 12.5. The van der Waals surface area contributed by atoms with E-state index in [1.54, 1.807) is 13.8 Å². The maximum atomic E-state index is 11.7. The van der Waals surface area contributed by atoms with Gasteiger partial charge in [-0.25, -0.2) is 0 Å². The number of carbonyl (C=O) groups excluding carboxylic acids is 1. The van der Waals surface area contributed by atoms with E-state index in [9.17, 15) is 9.36 Å². The van der Waals surface area contributed by atoms with Crippen molar-refractivity contribution in [2.75, 3.05) is 13.3 Å². The summed E-state index contributed by atoms with van der Waals surface area (Å²) in [6.45, 7) is 11.9. The third kappa shape index (κ3) is 6.87. The maximum Gasteiger partial charge on any atom is 0.325 e. The molecule has 0 N–H and O–H groups in total. The molecular formula is C9H21O4PSi. The van der Waals surface area contributed by atoms with Crippen LogP contribution in [-0.2, 0) is 18.3 Å². The molecule has 0 heterocycles. The van der Waals surface area contributed by atoms with Crippen molar-refractivity contribution in [3.05, 3.63) is 0 Å². The number of hydrogen-bond donors (Lipinski definition) is 0. The highest BCUT2D eigenvalue weighted by Crippen LogP contribution is 2.42. The van der Waals surface area contributed by atoms with Gasteiger partial charge in [0, 0.05) is 13.3 Å². The van der Waals surface area contributed by atoms with E-state index in [1.807, 2.05) is 19.6 Å². The highest BCUT2D eigenvalue weighted by molar-refractivity contribution is 7.57. The lowest BCUT2D eigenvalue weighted by atomic mass is 10.1. The summed E-state index contributed by atoms with van der Waals surface area (Å²) in [6.07, 6.45) is 0. The fraction of sp³-hybridized carbons (Fsp3) is 0.889. The van der Waals surface area contributed by atoms with Crippen molar-refractivity contribution in [2.45, 2.75) is 39.1 Å². The van der Waals surface area contributed by atoms with Gasteiger partial charge in [0.15, 0.2) is 13.0 Å². The van der Waals surface area contributed by atoms with Crippen LogP contribution in [0.3, 0.4) is 0 Å². The SMILES string of the molecule is CC(C)(OP(C)(C)=O)C(=O)O[Si](C)(C)C. The molecule has 0 aliphatic carbocycles. The zero-order chi connectivity index (χ0) is 12.5. The number of rotatable bonds is 4. The summed E-state index contributed by atoms with van der Waals surface area (Å²) in [5.41, 5.74) is -1.14. The van der Waals surface area contributed by atoms with Crippen LogP contribution in [0.1, 0.15) is 13.8 Å². The Morgan fingerprint density at radius 1 is 1.20 bits per heavy atom. The quantitative estimate of drug-likeness (QED) is 0.570. The molecular weight excluding hydrogens is 231 g/mol. The first-order valence-corrected chi connectivity index (χ1v) is 10.8. The van der Waals surface area contributed by atoms with E-state index in [2.05, 4.69) is 0 Å². The van der Waals surface area contributed by atoms with Crippen molar-refractivity contribution in [3.8, 4) is 0 Å². The van der Waals surface area contributed by atoms with E-state index in [-0.39, 0.29) is 0 Å². The molecule has 0 rings (SSSR count). The Bertz CT molecular complexity index is 287. The van der Waals surface area contributed by atoms with Gasteiger partial charge in [-0.15, -0.1) is 0 Å². The molecule has 0 saturated carbocycles. The minimum atomic E-state index is -2.69. The lowest BCUT2D eigenvalue weighted by Gasteiger charge is -2.29. The van der Waals surface area contributed by atoms with Crippen LogP contribution >= 0.6 is 7.37 Å². The van der Waals surface area contributed by atoms with Crippen LogP contribution in [0.5, 0.6) is 0 Å². The fourth-order valence-electron chi connectivity index (χ4n) is 0.988. The Balaban J connectivity index is 4.61. The molecule has 0 atom stereocenters. The van der Waals surface area contributed by atoms with Crippen molar-refractivity contribution in [2.24, 2.45) is 0 Å². The van der Waals surface area contributed by atoms with Crippen LogP contribution in [0.15, 0.2) is 0 Å². The second-order valence-corrected chi connectivity index (χ2v) is 12.5. The van der Waals surface area contributed by atoms with Gasteiger partial charge in [0.05, 0.1) is 0 Å². The second-order valence-electron chi connectivity index (χ2n) is 5.36. The lowest BCUT2D eigenvalue weighted by molar-refractivity contribution is -0.149. The zero-order valence-electron chi connectivity index (χ0n) is 10.6. The van der Waals surface area contributed by atoms with Crippen LogP contribution < -0.4 is 0 Å². The summed E-state index contributed by atoms with van der Waals surface area (Å²) in [5, 5.41) is 0. The topological polar surface area (TPSA) is 52.6 Å². The van der Waals surface area contributed by atoms with Gasteiger partial charge in [-0.3, -0.25) is 9.36 Å². The Hall–Kier alpha value is -0.123. The minimum absolute atomic E-state index is 0.439. The maximum absolute atomic E-state index is 11.7. The van der Waals surface area contributed by atoms with Crippen LogP contribution in [0.25, 0.3) is 0 Å². The summed E-state index contributed by atoms with van der Waals surface area (Å²) in [7, 11) is -4.62.